The predicted octanol–water partition coefficient (Wildman–Crippen LogP) is 3.23. The Labute approximate surface area is 182 Å². The summed E-state index contributed by atoms with van der Waals surface area (Å²) in [6, 6.07) is 9.31. The van der Waals surface area contributed by atoms with Crippen LogP contribution in [-0.4, -0.2) is 63.2 Å². The minimum atomic E-state index is 0. The van der Waals surface area contributed by atoms with Gasteiger partial charge >= 0.3 is 0 Å². The van der Waals surface area contributed by atoms with Gasteiger partial charge in [0, 0.05) is 38.4 Å². The molecule has 2 heterocycles. The molecule has 0 spiro atoms. The molecule has 0 amide bonds. The Kier molecular flexibility index (Phi) is 9.68. The molecule has 1 unspecified atom stereocenters. The molecule has 0 radical (unpaired) electrons. The van der Waals surface area contributed by atoms with Gasteiger partial charge in [0.1, 0.15) is 0 Å². The van der Waals surface area contributed by atoms with Gasteiger partial charge in [-0.05, 0) is 70.8 Å². The lowest BCUT2D eigenvalue weighted by molar-refractivity contribution is 0.330. The zero-order valence-corrected chi connectivity index (χ0v) is 19.2. The maximum atomic E-state index is 4.40. The van der Waals surface area contributed by atoms with E-state index in [0.717, 1.165) is 32.0 Å². The van der Waals surface area contributed by atoms with Crippen molar-refractivity contribution in [2.24, 2.45) is 4.99 Å². The molecule has 5 nitrogen and oxygen atoms in total. The fourth-order valence-electron chi connectivity index (χ4n) is 3.93. The van der Waals surface area contributed by atoms with Crippen molar-refractivity contribution in [3.8, 4) is 0 Å². The summed E-state index contributed by atoms with van der Waals surface area (Å²) >= 11 is 0. The van der Waals surface area contributed by atoms with Crippen LogP contribution in [0.1, 0.15) is 37.7 Å². The fraction of sp³-hybridized carbons (Fsp3) is 0.667. The number of likely N-dealkylation sites (tertiary alicyclic amines) is 1. The summed E-state index contributed by atoms with van der Waals surface area (Å²) in [6.45, 7) is 9.14. The third kappa shape index (κ3) is 7.14. The maximum absolute atomic E-state index is 4.40. The Morgan fingerprint density at radius 1 is 1.11 bits per heavy atom. The Morgan fingerprint density at radius 2 is 1.85 bits per heavy atom. The van der Waals surface area contributed by atoms with E-state index in [1.54, 1.807) is 0 Å². The van der Waals surface area contributed by atoms with Crippen molar-refractivity contribution < 1.29 is 0 Å². The number of aliphatic imine (C=N–C) groups is 1. The summed E-state index contributed by atoms with van der Waals surface area (Å²) in [7, 11) is 1.87. The molecule has 2 saturated heterocycles. The lowest BCUT2D eigenvalue weighted by atomic mass is 10.2. The van der Waals surface area contributed by atoms with Crippen molar-refractivity contribution in [3.05, 3.63) is 29.8 Å². The highest BCUT2D eigenvalue weighted by molar-refractivity contribution is 14.0. The third-order valence-electron chi connectivity index (χ3n) is 5.54. The molecule has 0 bridgehead atoms. The second-order valence-electron chi connectivity index (χ2n) is 7.67. The molecule has 3 rings (SSSR count). The number of unbranched alkanes of at least 4 members (excludes halogenated alkanes) is 1. The first-order chi connectivity index (χ1) is 12.7. The first-order valence-corrected chi connectivity index (χ1v) is 10.3. The van der Waals surface area contributed by atoms with Crippen molar-refractivity contribution in [2.75, 3.05) is 51.2 Å². The first-order valence-electron chi connectivity index (χ1n) is 10.3. The second kappa shape index (κ2) is 11.7. The fourth-order valence-corrected chi connectivity index (χ4v) is 3.93. The van der Waals surface area contributed by atoms with Crippen LogP contribution in [0.5, 0.6) is 0 Å². The van der Waals surface area contributed by atoms with Crippen LogP contribution in [0.2, 0.25) is 0 Å². The van der Waals surface area contributed by atoms with Crippen molar-refractivity contribution in [3.63, 3.8) is 0 Å². The topological polar surface area (TPSA) is 42.9 Å². The van der Waals surface area contributed by atoms with Gasteiger partial charge in [0.15, 0.2) is 5.96 Å². The van der Waals surface area contributed by atoms with Gasteiger partial charge in [-0.25, -0.2) is 0 Å². The highest BCUT2D eigenvalue weighted by atomic mass is 127. The van der Waals surface area contributed by atoms with E-state index in [-0.39, 0.29) is 24.0 Å². The Balaban J connectivity index is 0.00000261. The van der Waals surface area contributed by atoms with Gasteiger partial charge in [-0.1, -0.05) is 17.7 Å². The molecular formula is C21H36IN5. The summed E-state index contributed by atoms with van der Waals surface area (Å²) in [5, 5.41) is 7.08. The Hall–Kier alpha value is -1.02. The predicted molar refractivity (Wildman–Crippen MR) is 127 cm³/mol. The van der Waals surface area contributed by atoms with E-state index in [9.17, 15) is 0 Å². The van der Waals surface area contributed by atoms with Crippen molar-refractivity contribution in [1.29, 1.82) is 0 Å². The van der Waals surface area contributed by atoms with Crippen molar-refractivity contribution in [1.82, 2.24) is 15.5 Å². The summed E-state index contributed by atoms with van der Waals surface area (Å²) in [5.41, 5.74) is 2.64. The van der Waals surface area contributed by atoms with Crippen LogP contribution in [0.4, 0.5) is 5.69 Å². The van der Waals surface area contributed by atoms with Gasteiger partial charge in [0.25, 0.3) is 0 Å². The van der Waals surface area contributed by atoms with Crippen LogP contribution in [0.3, 0.4) is 0 Å². The maximum Gasteiger partial charge on any atom is 0.191 e. The van der Waals surface area contributed by atoms with Gasteiger partial charge in [-0.2, -0.15) is 0 Å². The van der Waals surface area contributed by atoms with E-state index in [1.165, 1.54) is 56.6 Å². The highest BCUT2D eigenvalue weighted by Gasteiger charge is 2.23. The average Bonchev–Trinajstić information content (AvgIpc) is 3.33. The third-order valence-corrected chi connectivity index (χ3v) is 5.54. The number of hydrogen-bond donors (Lipinski definition) is 2. The molecule has 27 heavy (non-hydrogen) atoms. The number of aryl methyl sites for hydroxylation is 1. The molecule has 0 aromatic heterocycles. The number of guanidine groups is 1. The van der Waals surface area contributed by atoms with Gasteiger partial charge in [-0.15, -0.1) is 24.0 Å². The minimum absolute atomic E-state index is 0. The monoisotopic (exact) mass is 485 g/mol. The molecule has 2 N–H and O–H groups in total. The molecule has 2 aliphatic rings. The zero-order chi connectivity index (χ0) is 18.2. The first kappa shape index (κ1) is 22.3. The van der Waals surface area contributed by atoms with E-state index < -0.39 is 0 Å². The lowest BCUT2D eigenvalue weighted by Gasteiger charge is -2.20. The SMILES string of the molecule is CN=C(NCCCCN1CCCC1)NC1CCN(c2ccc(C)cc2)C1.I. The summed E-state index contributed by atoms with van der Waals surface area (Å²) in [6.07, 6.45) is 6.40. The van der Waals surface area contributed by atoms with Gasteiger partial charge in [0.05, 0.1) is 0 Å². The summed E-state index contributed by atoms with van der Waals surface area (Å²) in [5.74, 6) is 0.946. The molecule has 2 fully saturated rings. The minimum Gasteiger partial charge on any atom is -0.369 e. The molecule has 152 valence electrons. The van der Waals surface area contributed by atoms with Crippen LogP contribution in [0, 0.1) is 6.92 Å². The van der Waals surface area contributed by atoms with Crippen LogP contribution in [-0.2, 0) is 0 Å². The van der Waals surface area contributed by atoms with E-state index in [0.29, 0.717) is 6.04 Å². The molecule has 0 saturated carbocycles. The number of halogens is 1. The number of nitrogens with zero attached hydrogens (tertiary/aromatic N) is 3. The van der Waals surface area contributed by atoms with E-state index in [2.05, 4.69) is 56.6 Å². The quantitative estimate of drug-likeness (QED) is 0.270. The summed E-state index contributed by atoms with van der Waals surface area (Å²) in [4.78, 5) is 9.45. The normalized spacial score (nSPS) is 20.6. The van der Waals surface area contributed by atoms with Crippen molar-refractivity contribution >= 4 is 35.6 Å². The van der Waals surface area contributed by atoms with Crippen LogP contribution in [0.25, 0.3) is 0 Å². The number of anilines is 1. The number of nitrogens with one attached hydrogen (secondary N) is 2. The van der Waals surface area contributed by atoms with E-state index >= 15 is 0 Å². The van der Waals surface area contributed by atoms with Gasteiger partial charge in [0.2, 0.25) is 0 Å². The van der Waals surface area contributed by atoms with Crippen molar-refractivity contribution in [2.45, 2.75) is 45.1 Å². The number of hydrogen-bond acceptors (Lipinski definition) is 3. The molecule has 6 heteroatoms. The molecule has 1 aromatic rings. The van der Waals surface area contributed by atoms with Gasteiger partial charge in [-0.3, -0.25) is 4.99 Å². The smallest absolute Gasteiger partial charge is 0.191 e. The average molecular weight is 485 g/mol. The molecular weight excluding hydrogens is 449 g/mol. The Morgan fingerprint density at radius 3 is 2.56 bits per heavy atom. The van der Waals surface area contributed by atoms with E-state index in [1.807, 2.05) is 7.05 Å². The highest BCUT2D eigenvalue weighted by Crippen LogP contribution is 2.20. The lowest BCUT2D eigenvalue weighted by Crippen LogP contribution is -2.44. The Bertz CT molecular complexity index is 568. The zero-order valence-electron chi connectivity index (χ0n) is 16.9. The summed E-state index contributed by atoms with van der Waals surface area (Å²) < 4.78 is 0. The van der Waals surface area contributed by atoms with Gasteiger partial charge < -0.3 is 20.4 Å². The van der Waals surface area contributed by atoms with Crippen LogP contribution < -0.4 is 15.5 Å². The van der Waals surface area contributed by atoms with Crippen LogP contribution in [0.15, 0.2) is 29.3 Å². The molecule has 2 aliphatic heterocycles. The molecule has 0 aliphatic carbocycles. The standard InChI is InChI=1S/C21H35N5.HI/c1-18-7-9-20(10-8-18)26-16-11-19(17-26)24-21(22-2)23-12-3-4-13-25-14-5-6-15-25;/h7-10,19H,3-6,11-17H2,1-2H3,(H2,22,23,24);1H. The molecule has 1 atom stereocenters. The number of benzene rings is 1. The largest absolute Gasteiger partial charge is 0.369 e. The number of rotatable bonds is 7. The van der Waals surface area contributed by atoms with Crippen LogP contribution >= 0.6 is 24.0 Å². The molecule has 1 aromatic carbocycles. The second-order valence-corrected chi connectivity index (χ2v) is 7.67. The van der Waals surface area contributed by atoms with E-state index in [4.69, 9.17) is 0 Å².